The van der Waals surface area contributed by atoms with Gasteiger partial charge in [-0.05, 0) is 49.6 Å². The second-order valence-electron chi connectivity index (χ2n) is 7.49. The molecule has 1 aliphatic heterocycles. The van der Waals surface area contributed by atoms with Gasteiger partial charge in [0.05, 0.1) is 22.9 Å². The van der Waals surface area contributed by atoms with Crippen molar-refractivity contribution in [1.82, 2.24) is 19.6 Å². The van der Waals surface area contributed by atoms with E-state index in [1.807, 2.05) is 17.7 Å². The molecule has 0 saturated carbocycles. The van der Waals surface area contributed by atoms with Gasteiger partial charge in [0, 0.05) is 24.0 Å². The molecule has 0 spiro atoms. The normalized spacial score (nSPS) is 16.5. The van der Waals surface area contributed by atoms with Crippen LogP contribution in [0.5, 0.6) is 0 Å². The van der Waals surface area contributed by atoms with E-state index in [2.05, 4.69) is 20.9 Å². The highest BCUT2D eigenvalue weighted by Gasteiger charge is 2.25. The van der Waals surface area contributed by atoms with Gasteiger partial charge in [0.25, 0.3) is 0 Å². The zero-order valence-corrected chi connectivity index (χ0v) is 15.6. The van der Waals surface area contributed by atoms with Crippen molar-refractivity contribution in [2.75, 3.05) is 0 Å². The number of hydrogen-bond acceptors (Lipinski definition) is 2. The zero-order chi connectivity index (χ0) is 19.3. The van der Waals surface area contributed by atoms with Gasteiger partial charge >= 0.3 is 0 Å². The van der Waals surface area contributed by atoms with Gasteiger partial charge in [0.15, 0.2) is 0 Å². The standard InChI is InChI=1S/C22H20F2N4/c1-14-21(11-15-5-7-17(23)8-6-15)25-26-28(14)19-10-9-18-12-16-3-2-4-20(24)22(16)27(18)13-19/h2-8,12,19H,9-11,13H2,1H3. The molecule has 0 radical (unpaired) electrons. The third kappa shape index (κ3) is 2.80. The number of halogens is 2. The maximum atomic E-state index is 14.4. The van der Waals surface area contributed by atoms with Crippen molar-refractivity contribution in [1.29, 1.82) is 0 Å². The maximum Gasteiger partial charge on any atom is 0.147 e. The van der Waals surface area contributed by atoms with Crippen molar-refractivity contribution in [2.45, 2.75) is 38.8 Å². The summed E-state index contributed by atoms with van der Waals surface area (Å²) in [6.45, 7) is 2.70. The third-order valence-electron chi connectivity index (χ3n) is 5.74. The van der Waals surface area contributed by atoms with E-state index in [-0.39, 0.29) is 17.7 Å². The summed E-state index contributed by atoms with van der Waals surface area (Å²) in [6.07, 6.45) is 2.44. The quantitative estimate of drug-likeness (QED) is 0.522. The van der Waals surface area contributed by atoms with E-state index in [4.69, 9.17) is 0 Å². The molecule has 1 atom stereocenters. The first kappa shape index (κ1) is 17.1. The summed E-state index contributed by atoms with van der Waals surface area (Å²) in [4.78, 5) is 0. The minimum atomic E-state index is -0.242. The Morgan fingerprint density at radius 2 is 1.93 bits per heavy atom. The van der Waals surface area contributed by atoms with Gasteiger partial charge in [-0.2, -0.15) is 0 Å². The average molecular weight is 378 g/mol. The SMILES string of the molecule is Cc1c(Cc2ccc(F)cc2)nnn1C1CCc2cc3cccc(F)c3n2C1. The molecular weight excluding hydrogens is 358 g/mol. The molecule has 5 rings (SSSR count). The summed E-state index contributed by atoms with van der Waals surface area (Å²) in [5, 5.41) is 9.71. The van der Waals surface area contributed by atoms with Gasteiger partial charge in [-0.1, -0.05) is 29.5 Å². The largest absolute Gasteiger partial charge is 0.340 e. The molecular formula is C22H20F2N4. The molecule has 142 valence electrons. The predicted molar refractivity (Wildman–Crippen MR) is 103 cm³/mol. The van der Waals surface area contributed by atoms with Crippen molar-refractivity contribution >= 4 is 10.9 Å². The highest BCUT2D eigenvalue weighted by atomic mass is 19.1. The Bertz CT molecular complexity index is 1160. The van der Waals surface area contributed by atoms with Gasteiger partial charge in [0.2, 0.25) is 0 Å². The molecule has 0 aliphatic carbocycles. The molecule has 1 unspecified atom stereocenters. The van der Waals surface area contributed by atoms with Crippen molar-refractivity contribution in [2.24, 2.45) is 0 Å². The van der Waals surface area contributed by atoms with Crippen LogP contribution in [-0.4, -0.2) is 19.6 Å². The van der Waals surface area contributed by atoms with Crippen LogP contribution >= 0.6 is 0 Å². The van der Waals surface area contributed by atoms with Gasteiger partial charge in [0.1, 0.15) is 11.6 Å². The molecule has 28 heavy (non-hydrogen) atoms. The Kier molecular flexibility index (Phi) is 4.00. The lowest BCUT2D eigenvalue weighted by atomic mass is 10.0. The van der Waals surface area contributed by atoms with Gasteiger partial charge in [-0.3, -0.25) is 0 Å². The van der Waals surface area contributed by atoms with Crippen molar-refractivity contribution in [3.63, 3.8) is 0 Å². The fraction of sp³-hybridized carbons (Fsp3) is 0.273. The Balaban J connectivity index is 1.44. The summed E-state index contributed by atoms with van der Waals surface area (Å²) in [6, 6.07) is 13.9. The molecule has 2 aromatic carbocycles. The van der Waals surface area contributed by atoms with E-state index in [1.165, 1.54) is 23.9 Å². The molecule has 0 saturated heterocycles. The number of hydrogen-bond donors (Lipinski definition) is 0. The van der Waals surface area contributed by atoms with E-state index in [0.717, 1.165) is 35.2 Å². The summed E-state index contributed by atoms with van der Waals surface area (Å²) >= 11 is 0. The van der Waals surface area contributed by atoms with Crippen LogP contribution in [-0.2, 0) is 19.4 Å². The fourth-order valence-electron chi connectivity index (χ4n) is 4.25. The second kappa shape index (κ2) is 6.55. The zero-order valence-electron chi connectivity index (χ0n) is 15.6. The third-order valence-corrected chi connectivity index (χ3v) is 5.74. The van der Waals surface area contributed by atoms with E-state index >= 15 is 0 Å². The van der Waals surface area contributed by atoms with E-state index in [9.17, 15) is 8.78 Å². The molecule has 0 fully saturated rings. The smallest absolute Gasteiger partial charge is 0.147 e. The van der Waals surface area contributed by atoms with Crippen molar-refractivity contribution < 1.29 is 8.78 Å². The van der Waals surface area contributed by atoms with Crippen LogP contribution in [0.15, 0.2) is 48.5 Å². The number of aryl methyl sites for hydroxylation is 1. The minimum absolute atomic E-state index is 0.136. The maximum absolute atomic E-state index is 14.4. The molecule has 1 aliphatic rings. The monoisotopic (exact) mass is 378 g/mol. The number of benzene rings is 2. The predicted octanol–water partition coefficient (Wildman–Crippen LogP) is 4.60. The number of nitrogens with zero attached hydrogens (tertiary/aromatic N) is 4. The highest BCUT2D eigenvalue weighted by molar-refractivity contribution is 5.82. The Hall–Kier alpha value is -3.02. The molecule has 3 heterocycles. The van der Waals surface area contributed by atoms with Gasteiger partial charge in [-0.25, -0.2) is 13.5 Å². The van der Waals surface area contributed by atoms with Crippen molar-refractivity contribution in [3.05, 3.63) is 82.8 Å². The van der Waals surface area contributed by atoms with Crippen LogP contribution in [0.2, 0.25) is 0 Å². The number of para-hydroxylation sites is 1. The van der Waals surface area contributed by atoms with Crippen molar-refractivity contribution in [3.8, 4) is 0 Å². The first-order chi connectivity index (χ1) is 13.6. The molecule has 0 amide bonds. The first-order valence-electron chi connectivity index (χ1n) is 9.52. The molecule has 2 aromatic heterocycles. The molecule has 4 aromatic rings. The number of aromatic nitrogens is 4. The Labute approximate surface area is 161 Å². The minimum Gasteiger partial charge on any atom is -0.340 e. The van der Waals surface area contributed by atoms with Crippen LogP contribution < -0.4 is 0 Å². The second-order valence-corrected chi connectivity index (χ2v) is 7.49. The van der Waals surface area contributed by atoms with Crippen LogP contribution in [0.1, 0.15) is 35.1 Å². The Morgan fingerprint density at radius 1 is 1.11 bits per heavy atom. The topological polar surface area (TPSA) is 35.6 Å². The molecule has 0 N–H and O–H groups in total. The van der Waals surface area contributed by atoms with Crippen LogP contribution in [0.25, 0.3) is 10.9 Å². The molecule has 4 nitrogen and oxygen atoms in total. The lowest BCUT2D eigenvalue weighted by Gasteiger charge is -2.26. The van der Waals surface area contributed by atoms with Gasteiger partial charge < -0.3 is 4.57 Å². The molecule has 6 heteroatoms. The number of fused-ring (bicyclic) bond motifs is 3. The first-order valence-corrected chi connectivity index (χ1v) is 9.52. The average Bonchev–Trinajstić information content (AvgIpc) is 3.24. The van der Waals surface area contributed by atoms with E-state index in [1.54, 1.807) is 18.2 Å². The van der Waals surface area contributed by atoms with Crippen LogP contribution in [0.4, 0.5) is 8.78 Å². The summed E-state index contributed by atoms with van der Waals surface area (Å²) < 4.78 is 31.6. The van der Waals surface area contributed by atoms with Crippen LogP contribution in [0, 0.1) is 18.6 Å². The van der Waals surface area contributed by atoms with Gasteiger partial charge in [-0.15, -0.1) is 5.10 Å². The Morgan fingerprint density at radius 3 is 2.75 bits per heavy atom. The fourth-order valence-corrected chi connectivity index (χ4v) is 4.25. The lowest BCUT2D eigenvalue weighted by Crippen LogP contribution is -2.25. The summed E-state index contributed by atoms with van der Waals surface area (Å²) in [5.74, 6) is -0.426. The van der Waals surface area contributed by atoms with E-state index < -0.39 is 0 Å². The highest BCUT2D eigenvalue weighted by Crippen LogP contribution is 2.32. The molecule has 0 bridgehead atoms. The lowest BCUT2D eigenvalue weighted by molar-refractivity contribution is 0.331. The van der Waals surface area contributed by atoms with E-state index in [0.29, 0.717) is 18.5 Å². The summed E-state index contributed by atoms with van der Waals surface area (Å²) in [7, 11) is 0. The summed E-state index contributed by atoms with van der Waals surface area (Å²) in [5.41, 5.74) is 4.74. The number of rotatable bonds is 3. The van der Waals surface area contributed by atoms with Crippen LogP contribution in [0.3, 0.4) is 0 Å².